The van der Waals surface area contributed by atoms with Crippen LogP contribution >= 0.6 is 12.2 Å². The molecule has 1 aliphatic heterocycles. The molecule has 0 bridgehead atoms. The zero-order valence-corrected chi connectivity index (χ0v) is 8.56. The minimum atomic E-state index is 0.437. The molecule has 2 rings (SSSR count). The van der Waals surface area contributed by atoms with Crippen LogP contribution in [0.2, 0.25) is 0 Å². The van der Waals surface area contributed by atoms with Crippen LogP contribution in [0, 0.1) is 11.7 Å². The first-order chi connectivity index (χ1) is 6.29. The Bertz CT molecular complexity index is 336. The first-order valence-corrected chi connectivity index (χ1v) is 5.04. The molecule has 0 spiro atoms. The zero-order chi connectivity index (χ0) is 9.26. The molecule has 0 amide bonds. The third-order valence-electron chi connectivity index (χ3n) is 2.50. The highest BCUT2D eigenvalue weighted by molar-refractivity contribution is 7.71. The normalized spacial score (nSPS) is 23.3. The van der Waals surface area contributed by atoms with Crippen LogP contribution in [-0.2, 0) is 4.74 Å². The lowest BCUT2D eigenvalue weighted by Gasteiger charge is -2.24. The molecule has 72 valence electrons. The van der Waals surface area contributed by atoms with Crippen molar-refractivity contribution < 1.29 is 4.74 Å². The number of aryl methyl sites for hydroxylation is 1. The van der Waals surface area contributed by atoms with Crippen molar-refractivity contribution in [3.63, 3.8) is 0 Å². The van der Waals surface area contributed by atoms with Crippen molar-refractivity contribution in [1.82, 2.24) is 9.55 Å². The number of ether oxygens (including phenoxy) is 1. The van der Waals surface area contributed by atoms with E-state index in [-0.39, 0.29) is 0 Å². The second-order valence-corrected chi connectivity index (χ2v) is 3.86. The Morgan fingerprint density at radius 3 is 3.08 bits per heavy atom. The maximum atomic E-state index is 5.43. The number of nitrogens with one attached hydrogen (secondary N) is 1. The van der Waals surface area contributed by atoms with Gasteiger partial charge in [0.1, 0.15) is 0 Å². The molecule has 1 unspecified atom stereocenters. The van der Waals surface area contributed by atoms with Crippen molar-refractivity contribution >= 4 is 12.2 Å². The molecule has 1 atom stereocenters. The summed E-state index contributed by atoms with van der Waals surface area (Å²) < 4.78 is 8.41. The van der Waals surface area contributed by atoms with E-state index in [9.17, 15) is 0 Å². The Balaban J connectivity index is 2.27. The van der Waals surface area contributed by atoms with Crippen molar-refractivity contribution in [2.75, 3.05) is 13.2 Å². The number of hydrogen-bond donors (Lipinski definition) is 1. The van der Waals surface area contributed by atoms with E-state index >= 15 is 0 Å². The number of imidazole rings is 1. The average Bonchev–Trinajstić information content (AvgIpc) is 2.48. The monoisotopic (exact) mass is 198 g/mol. The maximum absolute atomic E-state index is 5.43. The molecule has 3 nitrogen and oxygen atoms in total. The Morgan fingerprint density at radius 1 is 1.69 bits per heavy atom. The van der Waals surface area contributed by atoms with E-state index in [1.165, 1.54) is 12.1 Å². The lowest BCUT2D eigenvalue weighted by atomic mass is 10.1. The van der Waals surface area contributed by atoms with Crippen LogP contribution in [-0.4, -0.2) is 22.8 Å². The summed E-state index contributed by atoms with van der Waals surface area (Å²) in [7, 11) is 0. The fourth-order valence-electron chi connectivity index (χ4n) is 1.85. The third-order valence-corrected chi connectivity index (χ3v) is 2.82. The predicted molar refractivity (Wildman–Crippen MR) is 53.4 cm³/mol. The van der Waals surface area contributed by atoms with E-state index in [0.717, 1.165) is 24.4 Å². The fraction of sp³-hybridized carbons (Fsp3) is 0.667. The minimum Gasteiger partial charge on any atom is -0.379 e. The van der Waals surface area contributed by atoms with Gasteiger partial charge in [0.25, 0.3) is 0 Å². The summed E-state index contributed by atoms with van der Waals surface area (Å²) in [5.41, 5.74) is 1.19. The standard InChI is InChI=1S/C9H14N2OS/c1-7-5-10-9(13)11(7)8-3-2-4-12-6-8/h5,8H,2-4,6H2,1H3,(H,10,13). The molecule has 4 heteroatoms. The molecular formula is C9H14N2OS. The Hall–Kier alpha value is -0.610. The van der Waals surface area contributed by atoms with Gasteiger partial charge in [0.05, 0.1) is 12.6 Å². The van der Waals surface area contributed by atoms with Crippen LogP contribution in [0.4, 0.5) is 0 Å². The summed E-state index contributed by atoms with van der Waals surface area (Å²) in [4.78, 5) is 3.06. The Labute approximate surface area is 82.7 Å². The molecule has 13 heavy (non-hydrogen) atoms. The summed E-state index contributed by atoms with van der Waals surface area (Å²) in [5, 5.41) is 0. The molecule has 1 aromatic rings. The SMILES string of the molecule is Cc1c[nH]c(=S)n1C1CCCOC1. The average molecular weight is 198 g/mol. The lowest BCUT2D eigenvalue weighted by Crippen LogP contribution is -2.22. The van der Waals surface area contributed by atoms with Gasteiger partial charge in [0, 0.05) is 18.5 Å². The largest absolute Gasteiger partial charge is 0.379 e. The molecule has 0 aliphatic carbocycles. The molecule has 1 N–H and O–H groups in total. The van der Waals surface area contributed by atoms with E-state index in [0.29, 0.717) is 6.04 Å². The second kappa shape index (κ2) is 3.64. The zero-order valence-electron chi connectivity index (χ0n) is 7.75. The number of hydrogen-bond acceptors (Lipinski definition) is 2. The summed E-state index contributed by atoms with van der Waals surface area (Å²) in [5.74, 6) is 0. The Morgan fingerprint density at radius 2 is 2.54 bits per heavy atom. The van der Waals surface area contributed by atoms with Crippen molar-refractivity contribution in [2.45, 2.75) is 25.8 Å². The van der Waals surface area contributed by atoms with Gasteiger partial charge in [-0.3, -0.25) is 0 Å². The van der Waals surface area contributed by atoms with Gasteiger partial charge in [-0.05, 0) is 32.0 Å². The number of aromatic nitrogens is 2. The van der Waals surface area contributed by atoms with Crippen LogP contribution in [0.25, 0.3) is 0 Å². The van der Waals surface area contributed by atoms with Crippen molar-refractivity contribution in [1.29, 1.82) is 0 Å². The quantitative estimate of drug-likeness (QED) is 0.701. The molecule has 0 saturated carbocycles. The number of rotatable bonds is 1. The summed E-state index contributed by atoms with van der Waals surface area (Å²) in [6.45, 7) is 3.77. The van der Waals surface area contributed by atoms with Gasteiger partial charge in [-0.25, -0.2) is 0 Å². The molecule has 2 heterocycles. The topological polar surface area (TPSA) is 29.9 Å². The van der Waals surface area contributed by atoms with Crippen LogP contribution < -0.4 is 0 Å². The van der Waals surface area contributed by atoms with Crippen molar-refractivity contribution in [2.24, 2.45) is 0 Å². The van der Waals surface area contributed by atoms with Crippen molar-refractivity contribution in [3.8, 4) is 0 Å². The molecular weight excluding hydrogens is 184 g/mol. The van der Waals surface area contributed by atoms with Crippen LogP contribution in [0.15, 0.2) is 6.20 Å². The molecule has 1 aliphatic rings. The molecule has 1 saturated heterocycles. The molecule has 1 fully saturated rings. The van der Waals surface area contributed by atoms with Crippen LogP contribution in [0.1, 0.15) is 24.6 Å². The van der Waals surface area contributed by atoms with E-state index in [4.69, 9.17) is 17.0 Å². The third kappa shape index (κ3) is 1.69. The van der Waals surface area contributed by atoms with Crippen molar-refractivity contribution in [3.05, 3.63) is 16.7 Å². The number of H-pyrrole nitrogens is 1. The van der Waals surface area contributed by atoms with Gasteiger partial charge in [0.15, 0.2) is 4.77 Å². The lowest BCUT2D eigenvalue weighted by molar-refractivity contribution is 0.0581. The van der Waals surface area contributed by atoms with E-state index in [1.807, 2.05) is 6.20 Å². The maximum Gasteiger partial charge on any atom is 0.177 e. The van der Waals surface area contributed by atoms with Gasteiger partial charge < -0.3 is 14.3 Å². The van der Waals surface area contributed by atoms with Gasteiger partial charge in [-0.15, -0.1) is 0 Å². The van der Waals surface area contributed by atoms with Crippen LogP contribution in [0.3, 0.4) is 0 Å². The second-order valence-electron chi connectivity index (χ2n) is 3.48. The summed E-state index contributed by atoms with van der Waals surface area (Å²) in [6, 6.07) is 0.437. The van der Waals surface area contributed by atoms with Gasteiger partial charge in [-0.2, -0.15) is 0 Å². The Kier molecular flexibility index (Phi) is 2.51. The van der Waals surface area contributed by atoms with E-state index in [2.05, 4.69) is 16.5 Å². The first kappa shape index (κ1) is 8.97. The van der Waals surface area contributed by atoms with Gasteiger partial charge in [0.2, 0.25) is 0 Å². The minimum absolute atomic E-state index is 0.437. The fourth-order valence-corrected chi connectivity index (χ4v) is 2.20. The highest BCUT2D eigenvalue weighted by atomic mass is 32.1. The van der Waals surface area contributed by atoms with Gasteiger partial charge >= 0.3 is 0 Å². The van der Waals surface area contributed by atoms with Gasteiger partial charge in [-0.1, -0.05) is 0 Å². The highest BCUT2D eigenvalue weighted by Crippen LogP contribution is 2.21. The summed E-state index contributed by atoms with van der Waals surface area (Å²) >= 11 is 5.21. The summed E-state index contributed by atoms with van der Waals surface area (Å²) in [6.07, 6.45) is 4.26. The molecule has 1 aromatic heterocycles. The van der Waals surface area contributed by atoms with E-state index < -0.39 is 0 Å². The number of nitrogens with zero attached hydrogens (tertiary/aromatic N) is 1. The highest BCUT2D eigenvalue weighted by Gasteiger charge is 2.17. The predicted octanol–water partition coefficient (Wildman–Crippen LogP) is 2.21. The van der Waals surface area contributed by atoms with Crippen LogP contribution in [0.5, 0.6) is 0 Å². The molecule has 0 radical (unpaired) electrons. The number of aromatic amines is 1. The molecule has 0 aromatic carbocycles. The first-order valence-electron chi connectivity index (χ1n) is 4.63. The smallest absolute Gasteiger partial charge is 0.177 e. The van der Waals surface area contributed by atoms with E-state index in [1.54, 1.807) is 0 Å².